The van der Waals surface area contributed by atoms with Crippen LogP contribution in [0.4, 0.5) is 11.4 Å². The van der Waals surface area contributed by atoms with Crippen molar-refractivity contribution >= 4 is 35.0 Å². The first-order valence-electron chi connectivity index (χ1n) is 7.66. The molecule has 0 unspecified atom stereocenters. The average molecular weight is 386 g/mol. The Balaban J connectivity index is 1.91. The highest BCUT2D eigenvalue weighted by Gasteiger charge is 2.20. The lowest BCUT2D eigenvalue weighted by Gasteiger charge is -2.07. The minimum absolute atomic E-state index is 0.00599. The van der Waals surface area contributed by atoms with Crippen molar-refractivity contribution in [1.82, 2.24) is 0 Å². The topological polar surface area (TPSA) is 114 Å². The number of aryl methyl sites for hydroxylation is 1. The first kappa shape index (κ1) is 18.2. The van der Waals surface area contributed by atoms with Crippen LogP contribution in [0.25, 0.3) is 6.08 Å². The van der Waals surface area contributed by atoms with Crippen molar-refractivity contribution in [1.29, 1.82) is 5.26 Å². The van der Waals surface area contributed by atoms with Crippen molar-refractivity contribution in [2.45, 2.75) is 6.92 Å². The van der Waals surface area contributed by atoms with Gasteiger partial charge in [-0.25, -0.2) is 0 Å². The Kier molecular flexibility index (Phi) is 4.96. The number of carbonyl (C=O) groups is 1. The Morgan fingerprint density at radius 1 is 1.33 bits per heavy atom. The number of hydrogen-bond donors (Lipinski definition) is 1. The minimum atomic E-state index is -0.793. The number of rotatable bonds is 4. The molecule has 0 bridgehead atoms. The van der Waals surface area contributed by atoms with E-state index in [0.29, 0.717) is 22.6 Å². The van der Waals surface area contributed by atoms with E-state index >= 15 is 0 Å². The van der Waals surface area contributed by atoms with Gasteiger partial charge in [-0.1, -0.05) is 17.7 Å². The lowest BCUT2D eigenvalue weighted by Crippen LogP contribution is -2.14. The normalized spacial score (nSPS) is 12.4. The summed E-state index contributed by atoms with van der Waals surface area (Å²) in [4.78, 5) is 23.0. The van der Waals surface area contributed by atoms with E-state index in [4.69, 9.17) is 21.1 Å². The van der Waals surface area contributed by atoms with Crippen LogP contribution in [0.5, 0.6) is 11.5 Å². The number of benzene rings is 2. The minimum Gasteiger partial charge on any atom is -0.454 e. The van der Waals surface area contributed by atoms with Gasteiger partial charge in [0.1, 0.15) is 17.3 Å². The fourth-order valence-corrected chi connectivity index (χ4v) is 2.64. The molecule has 3 rings (SSSR count). The summed E-state index contributed by atoms with van der Waals surface area (Å²) in [5.41, 5.74) is 0.509. The van der Waals surface area contributed by atoms with Gasteiger partial charge in [-0.3, -0.25) is 14.9 Å². The van der Waals surface area contributed by atoms with E-state index in [-0.39, 0.29) is 28.8 Å². The molecule has 0 fully saturated rings. The van der Waals surface area contributed by atoms with Crippen molar-refractivity contribution < 1.29 is 19.2 Å². The number of nitro benzene ring substituents is 1. The average Bonchev–Trinajstić information content (AvgIpc) is 3.07. The lowest BCUT2D eigenvalue weighted by molar-refractivity contribution is -0.384. The van der Waals surface area contributed by atoms with Gasteiger partial charge in [0.05, 0.1) is 9.95 Å². The van der Waals surface area contributed by atoms with Crippen molar-refractivity contribution in [2.75, 3.05) is 12.1 Å². The molecular weight excluding hydrogens is 374 g/mol. The first-order valence-corrected chi connectivity index (χ1v) is 8.04. The number of nitrogens with zero attached hydrogens (tertiary/aromatic N) is 2. The first-order chi connectivity index (χ1) is 12.9. The summed E-state index contributed by atoms with van der Waals surface area (Å²) in [7, 11) is 0. The maximum atomic E-state index is 12.4. The van der Waals surface area contributed by atoms with Gasteiger partial charge in [0, 0.05) is 12.1 Å². The number of fused-ring (bicyclic) bond motifs is 1. The number of ether oxygens (including phenoxy) is 2. The molecule has 1 aliphatic heterocycles. The monoisotopic (exact) mass is 385 g/mol. The molecule has 8 nitrogen and oxygen atoms in total. The van der Waals surface area contributed by atoms with Crippen LogP contribution in [0.2, 0.25) is 5.02 Å². The van der Waals surface area contributed by atoms with Crippen LogP contribution in [-0.2, 0) is 4.79 Å². The van der Waals surface area contributed by atoms with E-state index in [0.717, 1.165) is 0 Å². The van der Waals surface area contributed by atoms with Crippen LogP contribution in [0, 0.1) is 28.4 Å². The van der Waals surface area contributed by atoms with Gasteiger partial charge in [0.25, 0.3) is 11.6 Å². The number of anilines is 1. The molecule has 1 amide bonds. The Morgan fingerprint density at radius 3 is 2.70 bits per heavy atom. The fraction of sp³-hybridized carbons (Fsp3) is 0.111. The SMILES string of the molecule is Cc1ccc(NC(=O)C(C#N)=Cc2cc3c(cc2Cl)OCO3)c([N+](=O)[O-])c1. The van der Waals surface area contributed by atoms with Gasteiger partial charge in [-0.2, -0.15) is 5.26 Å². The van der Waals surface area contributed by atoms with Gasteiger partial charge in [0.2, 0.25) is 6.79 Å². The maximum absolute atomic E-state index is 12.4. The summed E-state index contributed by atoms with van der Waals surface area (Å²) in [5, 5.41) is 23.2. The highest BCUT2D eigenvalue weighted by molar-refractivity contribution is 6.32. The maximum Gasteiger partial charge on any atom is 0.293 e. The number of nitriles is 1. The summed E-state index contributed by atoms with van der Waals surface area (Å²) in [6.45, 7) is 1.75. The molecule has 9 heteroatoms. The number of halogens is 1. The van der Waals surface area contributed by atoms with Crippen LogP contribution >= 0.6 is 11.6 Å². The summed E-state index contributed by atoms with van der Waals surface area (Å²) >= 11 is 6.15. The highest BCUT2D eigenvalue weighted by atomic mass is 35.5. The molecule has 0 atom stereocenters. The van der Waals surface area contributed by atoms with Crippen LogP contribution in [0.15, 0.2) is 35.9 Å². The third-order valence-corrected chi connectivity index (χ3v) is 4.08. The molecule has 0 saturated heterocycles. The van der Waals surface area contributed by atoms with Gasteiger partial charge in [-0.05, 0) is 36.3 Å². The molecule has 0 spiro atoms. The number of nitrogens with one attached hydrogen (secondary N) is 1. The molecule has 0 aliphatic carbocycles. The Morgan fingerprint density at radius 2 is 2.04 bits per heavy atom. The van der Waals surface area contributed by atoms with E-state index in [1.165, 1.54) is 24.3 Å². The second-order valence-electron chi connectivity index (χ2n) is 5.63. The van der Waals surface area contributed by atoms with Gasteiger partial charge in [-0.15, -0.1) is 0 Å². The second-order valence-corrected chi connectivity index (χ2v) is 6.04. The van der Waals surface area contributed by atoms with E-state index in [1.807, 2.05) is 0 Å². The van der Waals surface area contributed by atoms with Crippen LogP contribution in [-0.4, -0.2) is 17.6 Å². The molecule has 136 valence electrons. The third kappa shape index (κ3) is 3.83. The number of nitro groups is 1. The Hall–Kier alpha value is -3.57. The van der Waals surface area contributed by atoms with Crippen LogP contribution in [0.3, 0.4) is 0 Å². The zero-order valence-corrected chi connectivity index (χ0v) is 14.7. The second kappa shape index (κ2) is 7.35. The molecule has 1 heterocycles. The zero-order chi connectivity index (χ0) is 19.6. The van der Waals surface area contributed by atoms with Crippen molar-refractivity contribution in [3.05, 3.63) is 62.2 Å². The van der Waals surface area contributed by atoms with Gasteiger partial charge >= 0.3 is 0 Å². The van der Waals surface area contributed by atoms with Crippen LogP contribution < -0.4 is 14.8 Å². The predicted octanol–water partition coefficient (Wildman–Crippen LogP) is 3.83. The fourth-order valence-electron chi connectivity index (χ4n) is 2.44. The molecule has 2 aromatic rings. The quantitative estimate of drug-likeness (QED) is 0.370. The largest absolute Gasteiger partial charge is 0.454 e. The molecule has 0 aromatic heterocycles. The molecule has 27 heavy (non-hydrogen) atoms. The smallest absolute Gasteiger partial charge is 0.293 e. The van der Waals surface area contributed by atoms with E-state index in [2.05, 4.69) is 5.32 Å². The van der Waals surface area contributed by atoms with Crippen LogP contribution in [0.1, 0.15) is 11.1 Å². The van der Waals surface area contributed by atoms with Gasteiger partial charge < -0.3 is 14.8 Å². The molecule has 1 aliphatic rings. The standard InChI is InChI=1S/C18H12ClN3O5/c1-10-2-3-14(15(4-10)22(24)25)21-18(23)12(8-20)5-11-6-16-17(7-13(11)19)27-9-26-16/h2-7H,9H2,1H3,(H,21,23). The van der Waals surface area contributed by atoms with E-state index in [1.54, 1.807) is 25.1 Å². The highest BCUT2D eigenvalue weighted by Crippen LogP contribution is 2.37. The third-order valence-electron chi connectivity index (χ3n) is 3.75. The van der Waals surface area contributed by atoms with Crippen molar-refractivity contribution in [3.8, 4) is 17.6 Å². The number of carbonyl (C=O) groups excluding carboxylic acids is 1. The number of hydrogen-bond acceptors (Lipinski definition) is 6. The Bertz CT molecular complexity index is 1030. The van der Waals surface area contributed by atoms with Crippen molar-refractivity contribution in [2.24, 2.45) is 0 Å². The molecule has 1 N–H and O–H groups in total. The molecular formula is C18H12ClN3O5. The lowest BCUT2D eigenvalue weighted by atomic mass is 10.1. The van der Waals surface area contributed by atoms with Crippen molar-refractivity contribution in [3.63, 3.8) is 0 Å². The van der Waals surface area contributed by atoms with E-state index < -0.39 is 10.8 Å². The predicted molar refractivity (Wildman–Crippen MR) is 97.6 cm³/mol. The number of amides is 1. The molecule has 0 radical (unpaired) electrons. The molecule has 0 saturated carbocycles. The molecule has 2 aromatic carbocycles. The summed E-state index contributed by atoms with van der Waals surface area (Å²) < 4.78 is 10.5. The Labute approximate surface area is 158 Å². The summed E-state index contributed by atoms with van der Waals surface area (Å²) in [6, 6.07) is 9.20. The summed E-state index contributed by atoms with van der Waals surface area (Å²) in [5.74, 6) is 0.117. The summed E-state index contributed by atoms with van der Waals surface area (Å²) in [6.07, 6.45) is 1.28. The zero-order valence-electron chi connectivity index (χ0n) is 14.0. The van der Waals surface area contributed by atoms with Gasteiger partial charge in [0.15, 0.2) is 11.5 Å². The van der Waals surface area contributed by atoms with E-state index in [9.17, 15) is 20.2 Å².